The topological polar surface area (TPSA) is 79.0 Å². The van der Waals surface area contributed by atoms with Gasteiger partial charge in [0.2, 0.25) is 5.91 Å². The summed E-state index contributed by atoms with van der Waals surface area (Å²) in [5, 5.41) is 2.56. The average molecular weight is 393 g/mol. The summed E-state index contributed by atoms with van der Waals surface area (Å²) in [4.78, 5) is 39.8. The number of hydrogen-bond donors (Lipinski definition) is 1. The van der Waals surface area contributed by atoms with E-state index in [9.17, 15) is 18.8 Å². The Morgan fingerprint density at radius 2 is 1.71 bits per heavy atom. The second kappa shape index (κ2) is 9.52. The van der Waals surface area contributed by atoms with Crippen LogP contribution in [0.1, 0.15) is 44.0 Å². The highest BCUT2D eigenvalue weighted by Crippen LogP contribution is 2.13. The van der Waals surface area contributed by atoms with E-state index in [0.717, 1.165) is 0 Å². The van der Waals surface area contributed by atoms with E-state index in [4.69, 9.17) is 4.74 Å². The summed E-state index contributed by atoms with van der Waals surface area (Å²) in [7, 11) is 0. The number of amides is 3. The van der Waals surface area contributed by atoms with Crippen molar-refractivity contribution in [2.75, 3.05) is 32.7 Å². The van der Waals surface area contributed by atoms with Gasteiger partial charge in [-0.2, -0.15) is 0 Å². The van der Waals surface area contributed by atoms with Crippen molar-refractivity contribution in [3.8, 4) is 0 Å². The van der Waals surface area contributed by atoms with Gasteiger partial charge in [0, 0.05) is 39.1 Å². The number of carbonyl (C=O) groups is 3. The van der Waals surface area contributed by atoms with Crippen molar-refractivity contribution in [1.29, 1.82) is 0 Å². The Labute approximate surface area is 164 Å². The molecule has 1 N–H and O–H groups in total. The molecule has 1 aliphatic rings. The normalized spacial score (nSPS) is 15.0. The lowest BCUT2D eigenvalue weighted by Crippen LogP contribution is -2.39. The summed E-state index contributed by atoms with van der Waals surface area (Å²) >= 11 is 0. The van der Waals surface area contributed by atoms with Crippen LogP contribution < -0.4 is 5.32 Å². The molecule has 1 aliphatic heterocycles. The minimum Gasteiger partial charge on any atom is -0.444 e. The minimum atomic E-state index is -0.590. The fourth-order valence-electron chi connectivity index (χ4n) is 2.92. The van der Waals surface area contributed by atoms with E-state index >= 15 is 0 Å². The van der Waals surface area contributed by atoms with Crippen LogP contribution in [0.5, 0.6) is 0 Å². The van der Waals surface area contributed by atoms with Crippen molar-refractivity contribution in [2.24, 2.45) is 0 Å². The largest absolute Gasteiger partial charge is 0.444 e. The van der Waals surface area contributed by atoms with Gasteiger partial charge in [-0.15, -0.1) is 0 Å². The van der Waals surface area contributed by atoms with Crippen molar-refractivity contribution in [2.45, 2.75) is 39.2 Å². The lowest BCUT2D eigenvalue weighted by Gasteiger charge is -2.23. The van der Waals surface area contributed by atoms with Crippen LogP contribution in [0.2, 0.25) is 0 Å². The number of nitrogens with one attached hydrogen (secondary N) is 1. The molecule has 0 saturated carbocycles. The SMILES string of the molecule is CC(C)(C)OC(=O)NCCC(=O)N1CCCN(C(=O)c2ccccc2F)CC1. The number of halogens is 1. The number of ether oxygens (including phenoxy) is 1. The zero-order valence-electron chi connectivity index (χ0n) is 16.7. The molecule has 7 nitrogen and oxygen atoms in total. The molecule has 1 fully saturated rings. The highest BCUT2D eigenvalue weighted by molar-refractivity contribution is 5.94. The molecule has 8 heteroatoms. The van der Waals surface area contributed by atoms with E-state index in [-0.39, 0.29) is 30.3 Å². The predicted molar refractivity (Wildman–Crippen MR) is 102 cm³/mol. The van der Waals surface area contributed by atoms with Crippen LogP contribution in [0.4, 0.5) is 9.18 Å². The quantitative estimate of drug-likeness (QED) is 0.852. The summed E-state index contributed by atoms with van der Waals surface area (Å²) in [5.74, 6) is -1.01. The molecule has 0 bridgehead atoms. The fraction of sp³-hybridized carbons (Fsp3) is 0.550. The highest BCUT2D eigenvalue weighted by Gasteiger charge is 2.24. The molecule has 1 saturated heterocycles. The van der Waals surface area contributed by atoms with E-state index < -0.39 is 17.5 Å². The average Bonchev–Trinajstić information content (AvgIpc) is 2.86. The number of benzene rings is 1. The first-order chi connectivity index (χ1) is 13.2. The van der Waals surface area contributed by atoms with Crippen molar-refractivity contribution in [3.05, 3.63) is 35.6 Å². The van der Waals surface area contributed by atoms with E-state index in [2.05, 4.69) is 5.32 Å². The van der Waals surface area contributed by atoms with Crippen molar-refractivity contribution < 1.29 is 23.5 Å². The molecule has 0 unspecified atom stereocenters. The van der Waals surface area contributed by atoms with Crippen molar-refractivity contribution in [1.82, 2.24) is 15.1 Å². The molecule has 0 spiro atoms. The molecule has 1 aromatic carbocycles. The maximum absolute atomic E-state index is 13.9. The minimum absolute atomic E-state index is 0.0452. The van der Waals surface area contributed by atoms with Crippen molar-refractivity contribution >= 4 is 17.9 Å². The molecule has 1 heterocycles. The maximum Gasteiger partial charge on any atom is 0.407 e. The van der Waals surface area contributed by atoms with Crippen LogP contribution in [-0.4, -0.2) is 66.0 Å². The predicted octanol–water partition coefficient (Wildman–Crippen LogP) is 2.42. The van der Waals surface area contributed by atoms with Gasteiger partial charge >= 0.3 is 6.09 Å². The van der Waals surface area contributed by atoms with Gasteiger partial charge in [0.25, 0.3) is 5.91 Å². The molecule has 3 amide bonds. The van der Waals surface area contributed by atoms with Crippen LogP contribution in [-0.2, 0) is 9.53 Å². The smallest absolute Gasteiger partial charge is 0.407 e. The second-order valence-electron chi connectivity index (χ2n) is 7.69. The lowest BCUT2D eigenvalue weighted by atomic mass is 10.2. The van der Waals surface area contributed by atoms with Gasteiger partial charge in [-0.1, -0.05) is 12.1 Å². The second-order valence-corrected chi connectivity index (χ2v) is 7.69. The zero-order valence-corrected chi connectivity index (χ0v) is 16.7. The van der Waals surface area contributed by atoms with Crippen LogP contribution in [0.3, 0.4) is 0 Å². The molecular formula is C20H28FN3O4. The first-order valence-corrected chi connectivity index (χ1v) is 9.46. The number of carbonyl (C=O) groups excluding carboxylic acids is 3. The number of alkyl carbamates (subject to hydrolysis) is 1. The third-order valence-electron chi connectivity index (χ3n) is 4.25. The number of hydrogen-bond acceptors (Lipinski definition) is 4. The van der Waals surface area contributed by atoms with Gasteiger partial charge in [-0.25, -0.2) is 9.18 Å². The summed E-state index contributed by atoms with van der Waals surface area (Å²) in [6.45, 7) is 7.20. The Kier molecular flexibility index (Phi) is 7.37. The Balaban J connectivity index is 1.81. The molecule has 0 radical (unpaired) electrons. The number of rotatable bonds is 4. The first-order valence-electron chi connectivity index (χ1n) is 9.46. The van der Waals surface area contributed by atoms with Gasteiger partial charge in [-0.05, 0) is 39.3 Å². The summed E-state index contributed by atoms with van der Waals surface area (Å²) in [5.41, 5.74) is -0.545. The lowest BCUT2D eigenvalue weighted by molar-refractivity contribution is -0.130. The van der Waals surface area contributed by atoms with Crippen LogP contribution in [0.25, 0.3) is 0 Å². The van der Waals surface area contributed by atoms with E-state index in [0.29, 0.717) is 32.6 Å². The first kappa shape index (κ1) is 21.7. The molecule has 0 aliphatic carbocycles. The Hall–Kier alpha value is -2.64. The maximum atomic E-state index is 13.9. The Morgan fingerprint density at radius 3 is 2.39 bits per heavy atom. The van der Waals surface area contributed by atoms with Gasteiger partial charge in [0.1, 0.15) is 11.4 Å². The third-order valence-corrected chi connectivity index (χ3v) is 4.25. The van der Waals surface area contributed by atoms with Crippen LogP contribution in [0, 0.1) is 5.82 Å². The third kappa shape index (κ3) is 6.51. The highest BCUT2D eigenvalue weighted by atomic mass is 19.1. The van der Waals surface area contributed by atoms with E-state index in [1.165, 1.54) is 12.1 Å². The standard InChI is InChI=1S/C20H28FN3O4/c1-20(2,3)28-19(27)22-10-9-17(25)23-11-6-12-24(14-13-23)18(26)15-7-4-5-8-16(15)21/h4-5,7-8H,6,9-14H2,1-3H3,(H,22,27). The molecule has 0 atom stereocenters. The van der Waals surface area contributed by atoms with Gasteiger partial charge in [0.15, 0.2) is 0 Å². The Bertz CT molecular complexity index is 718. The van der Waals surface area contributed by atoms with E-state index in [1.807, 2.05) is 0 Å². The van der Waals surface area contributed by atoms with Crippen molar-refractivity contribution in [3.63, 3.8) is 0 Å². The fourth-order valence-corrected chi connectivity index (χ4v) is 2.92. The molecule has 0 aromatic heterocycles. The Morgan fingerprint density at radius 1 is 1.07 bits per heavy atom. The molecular weight excluding hydrogens is 365 g/mol. The zero-order chi connectivity index (χ0) is 20.7. The summed E-state index contributed by atoms with van der Waals surface area (Å²) < 4.78 is 19.0. The van der Waals surface area contributed by atoms with Crippen LogP contribution >= 0.6 is 0 Å². The number of nitrogens with zero attached hydrogens (tertiary/aromatic N) is 2. The summed E-state index contributed by atoms with van der Waals surface area (Å²) in [6.07, 6.45) is 0.212. The summed E-state index contributed by atoms with van der Waals surface area (Å²) in [6, 6.07) is 5.90. The molecule has 1 aromatic rings. The van der Waals surface area contributed by atoms with Gasteiger partial charge in [0.05, 0.1) is 5.56 Å². The van der Waals surface area contributed by atoms with Crippen LogP contribution in [0.15, 0.2) is 24.3 Å². The molecule has 28 heavy (non-hydrogen) atoms. The molecule has 154 valence electrons. The monoisotopic (exact) mass is 393 g/mol. The van der Waals surface area contributed by atoms with Gasteiger partial charge < -0.3 is 19.9 Å². The van der Waals surface area contributed by atoms with Gasteiger partial charge in [-0.3, -0.25) is 9.59 Å². The van der Waals surface area contributed by atoms with E-state index in [1.54, 1.807) is 42.7 Å². The molecule has 2 rings (SSSR count).